The van der Waals surface area contributed by atoms with Gasteiger partial charge in [-0.2, -0.15) is 0 Å². The van der Waals surface area contributed by atoms with E-state index in [1.807, 2.05) is 84.9 Å². The SMILES string of the molecule is CC(=O)Oc1ccc2ccccc2c1C#Cc1ccccc1C#Cc1c(OC(C)=O)ccc2ccccc12. The first-order chi connectivity index (χ1) is 18.5. The molecule has 0 aliphatic rings. The van der Waals surface area contributed by atoms with Crippen LogP contribution in [0.4, 0.5) is 0 Å². The molecule has 0 atom stereocenters. The second-order valence-electron chi connectivity index (χ2n) is 8.55. The van der Waals surface area contributed by atoms with Gasteiger partial charge in [0.15, 0.2) is 0 Å². The molecule has 0 amide bonds. The van der Waals surface area contributed by atoms with Crippen molar-refractivity contribution in [2.75, 3.05) is 0 Å². The molecule has 0 aliphatic carbocycles. The van der Waals surface area contributed by atoms with Gasteiger partial charge in [-0.15, -0.1) is 0 Å². The minimum Gasteiger partial charge on any atom is -0.425 e. The van der Waals surface area contributed by atoms with E-state index in [0.717, 1.165) is 32.7 Å². The molecule has 0 heterocycles. The van der Waals surface area contributed by atoms with Crippen LogP contribution in [-0.4, -0.2) is 11.9 Å². The lowest BCUT2D eigenvalue weighted by molar-refractivity contribution is -0.132. The molecule has 5 rings (SSSR count). The summed E-state index contributed by atoms with van der Waals surface area (Å²) in [4.78, 5) is 23.4. The van der Waals surface area contributed by atoms with Crippen molar-refractivity contribution >= 4 is 33.5 Å². The number of benzene rings is 5. The Morgan fingerprint density at radius 1 is 0.500 bits per heavy atom. The van der Waals surface area contributed by atoms with Crippen molar-refractivity contribution in [3.8, 4) is 35.2 Å². The van der Waals surface area contributed by atoms with E-state index in [2.05, 4.69) is 23.7 Å². The zero-order valence-electron chi connectivity index (χ0n) is 20.9. The number of carbonyl (C=O) groups excluding carboxylic acids is 2. The largest absolute Gasteiger partial charge is 0.425 e. The predicted molar refractivity (Wildman–Crippen MR) is 149 cm³/mol. The topological polar surface area (TPSA) is 52.6 Å². The first-order valence-electron chi connectivity index (χ1n) is 12.0. The van der Waals surface area contributed by atoms with Gasteiger partial charge in [0, 0.05) is 35.7 Å². The van der Waals surface area contributed by atoms with Crippen molar-refractivity contribution in [2.45, 2.75) is 13.8 Å². The number of hydrogen-bond acceptors (Lipinski definition) is 4. The van der Waals surface area contributed by atoms with E-state index >= 15 is 0 Å². The van der Waals surface area contributed by atoms with Gasteiger partial charge < -0.3 is 9.47 Å². The summed E-state index contributed by atoms with van der Waals surface area (Å²) in [5.41, 5.74) is 2.70. The molecule has 0 N–H and O–H groups in total. The Morgan fingerprint density at radius 2 is 0.895 bits per heavy atom. The fourth-order valence-corrected chi connectivity index (χ4v) is 4.20. The monoisotopic (exact) mass is 494 g/mol. The number of ether oxygens (including phenoxy) is 2. The summed E-state index contributed by atoms with van der Waals surface area (Å²) in [5.74, 6) is 12.9. The molecule has 182 valence electrons. The molecular weight excluding hydrogens is 472 g/mol. The zero-order chi connectivity index (χ0) is 26.5. The van der Waals surface area contributed by atoms with Gasteiger partial charge in [-0.25, -0.2) is 0 Å². The Bertz CT molecular complexity index is 1710. The summed E-state index contributed by atoms with van der Waals surface area (Å²) in [6, 6.07) is 30.5. The van der Waals surface area contributed by atoms with Crippen molar-refractivity contribution in [2.24, 2.45) is 0 Å². The fourth-order valence-electron chi connectivity index (χ4n) is 4.20. The van der Waals surface area contributed by atoms with E-state index in [9.17, 15) is 9.59 Å². The molecule has 0 bridgehead atoms. The Labute approximate surface area is 220 Å². The molecule has 0 spiro atoms. The summed E-state index contributed by atoms with van der Waals surface area (Å²) in [5, 5.41) is 3.78. The van der Waals surface area contributed by atoms with Crippen LogP contribution < -0.4 is 9.47 Å². The van der Waals surface area contributed by atoms with Crippen molar-refractivity contribution in [3.63, 3.8) is 0 Å². The minimum atomic E-state index is -0.409. The molecule has 5 aromatic carbocycles. The maximum atomic E-state index is 11.7. The Morgan fingerprint density at radius 3 is 1.32 bits per heavy atom. The summed E-state index contributed by atoms with van der Waals surface area (Å²) >= 11 is 0. The lowest BCUT2D eigenvalue weighted by atomic mass is 10.0. The maximum Gasteiger partial charge on any atom is 0.308 e. The van der Waals surface area contributed by atoms with Gasteiger partial charge in [0.25, 0.3) is 0 Å². The highest BCUT2D eigenvalue weighted by molar-refractivity contribution is 5.92. The van der Waals surface area contributed by atoms with Crippen LogP contribution in [0.2, 0.25) is 0 Å². The standard InChI is InChI=1S/C34H22O4/c1-23(35)37-33-21-17-27-11-5-7-13-29(27)31(33)19-15-25-9-3-4-10-26(25)16-20-32-30-14-8-6-12-28(30)18-22-34(32)38-24(2)36/h3-14,17-18,21-22H,1-2H3. The Balaban J connectivity index is 1.62. The van der Waals surface area contributed by atoms with Gasteiger partial charge in [0.2, 0.25) is 0 Å². The number of carbonyl (C=O) groups is 2. The predicted octanol–water partition coefficient (Wildman–Crippen LogP) is 6.64. The molecule has 0 aromatic heterocycles. The maximum absolute atomic E-state index is 11.7. The quantitative estimate of drug-likeness (QED) is 0.157. The van der Waals surface area contributed by atoms with Gasteiger partial charge in [-0.3, -0.25) is 9.59 Å². The minimum absolute atomic E-state index is 0.409. The number of hydrogen-bond donors (Lipinski definition) is 0. The fraction of sp³-hybridized carbons (Fsp3) is 0.0588. The Hall–Kier alpha value is -5.32. The third-order valence-corrected chi connectivity index (χ3v) is 5.86. The summed E-state index contributed by atoms with van der Waals surface area (Å²) in [7, 11) is 0. The third-order valence-electron chi connectivity index (χ3n) is 5.86. The van der Waals surface area contributed by atoms with Crippen molar-refractivity contribution < 1.29 is 19.1 Å². The lowest BCUT2D eigenvalue weighted by Crippen LogP contribution is -2.03. The molecule has 4 nitrogen and oxygen atoms in total. The van der Waals surface area contributed by atoms with Crippen molar-refractivity contribution in [3.05, 3.63) is 119 Å². The van der Waals surface area contributed by atoms with Crippen molar-refractivity contribution in [1.29, 1.82) is 0 Å². The average Bonchev–Trinajstić information content (AvgIpc) is 2.91. The van der Waals surface area contributed by atoms with E-state index in [1.165, 1.54) is 13.8 Å². The van der Waals surface area contributed by atoms with Crippen LogP contribution in [0, 0.1) is 23.7 Å². The molecule has 5 aromatic rings. The summed E-state index contributed by atoms with van der Waals surface area (Å²) in [6.45, 7) is 2.74. The van der Waals surface area contributed by atoms with Crippen LogP contribution in [0.1, 0.15) is 36.1 Å². The molecule has 0 unspecified atom stereocenters. The molecule has 38 heavy (non-hydrogen) atoms. The van der Waals surface area contributed by atoms with Gasteiger partial charge in [0.05, 0.1) is 11.1 Å². The first kappa shape index (κ1) is 24.4. The molecule has 0 aliphatic heterocycles. The van der Waals surface area contributed by atoms with E-state index in [1.54, 1.807) is 12.1 Å². The molecule has 4 heteroatoms. The number of esters is 2. The molecule has 0 saturated heterocycles. The molecule has 0 saturated carbocycles. The average molecular weight is 495 g/mol. The van der Waals surface area contributed by atoms with Gasteiger partial charge >= 0.3 is 11.9 Å². The highest BCUT2D eigenvalue weighted by Crippen LogP contribution is 2.29. The summed E-state index contributed by atoms with van der Waals surface area (Å²) in [6.07, 6.45) is 0. The van der Waals surface area contributed by atoms with E-state index in [-0.39, 0.29) is 0 Å². The van der Waals surface area contributed by atoms with E-state index in [4.69, 9.17) is 9.47 Å². The third kappa shape index (κ3) is 5.26. The first-order valence-corrected chi connectivity index (χ1v) is 12.0. The van der Waals surface area contributed by atoms with Gasteiger partial charge in [-0.1, -0.05) is 96.5 Å². The van der Waals surface area contributed by atoms with Crippen LogP contribution in [-0.2, 0) is 9.59 Å². The van der Waals surface area contributed by atoms with Crippen LogP contribution in [0.25, 0.3) is 21.5 Å². The van der Waals surface area contributed by atoms with E-state index < -0.39 is 11.9 Å². The number of rotatable bonds is 2. The van der Waals surface area contributed by atoms with Crippen LogP contribution in [0.3, 0.4) is 0 Å². The van der Waals surface area contributed by atoms with Crippen LogP contribution >= 0.6 is 0 Å². The molecule has 0 fully saturated rings. The lowest BCUT2D eigenvalue weighted by Gasteiger charge is -2.08. The van der Waals surface area contributed by atoms with Crippen LogP contribution in [0.5, 0.6) is 11.5 Å². The van der Waals surface area contributed by atoms with Crippen molar-refractivity contribution in [1.82, 2.24) is 0 Å². The molecular formula is C34H22O4. The molecule has 0 radical (unpaired) electrons. The number of fused-ring (bicyclic) bond motifs is 2. The van der Waals surface area contributed by atoms with E-state index in [0.29, 0.717) is 22.6 Å². The summed E-state index contributed by atoms with van der Waals surface area (Å²) < 4.78 is 10.9. The highest BCUT2D eigenvalue weighted by Gasteiger charge is 2.10. The smallest absolute Gasteiger partial charge is 0.308 e. The van der Waals surface area contributed by atoms with Gasteiger partial charge in [0.1, 0.15) is 11.5 Å². The zero-order valence-corrected chi connectivity index (χ0v) is 20.9. The normalized spacial score (nSPS) is 10.2. The second kappa shape index (κ2) is 10.7. The Kier molecular flexibility index (Phi) is 6.89. The van der Waals surface area contributed by atoms with Crippen LogP contribution in [0.15, 0.2) is 97.1 Å². The highest BCUT2D eigenvalue weighted by atomic mass is 16.5. The second-order valence-corrected chi connectivity index (χ2v) is 8.55. The van der Waals surface area contributed by atoms with Gasteiger partial charge in [-0.05, 0) is 35.0 Å².